The lowest BCUT2D eigenvalue weighted by Crippen LogP contribution is -2.08. The van der Waals surface area contributed by atoms with Crippen molar-refractivity contribution in [1.82, 2.24) is 0 Å². The first kappa shape index (κ1) is 20.0. The third kappa shape index (κ3) is 5.59. The molecule has 3 aromatic carbocycles. The minimum Gasteiger partial charge on any atom is -0.490 e. The highest BCUT2D eigenvalue weighted by molar-refractivity contribution is 5.91. The minimum atomic E-state index is -0.420. The summed E-state index contributed by atoms with van der Waals surface area (Å²) in [5.41, 5.74) is 2.52. The molecule has 0 heterocycles. The van der Waals surface area contributed by atoms with E-state index in [9.17, 15) is 4.79 Å². The summed E-state index contributed by atoms with van der Waals surface area (Å²) in [5.74, 6) is 1.53. The Morgan fingerprint density at radius 1 is 0.655 bits per heavy atom. The highest BCUT2D eigenvalue weighted by Crippen LogP contribution is 2.25. The predicted molar refractivity (Wildman–Crippen MR) is 115 cm³/mol. The van der Waals surface area contributed by atoms with Gasteiger partial charge in [0.15, 0.2) is 0 Å². The Morgan fingerprint density at radius 3 is 1.52 bits per heavy atom. The van der Waals surface area contributed by atoms with Crippen molar-refractivity contribution >= 4 is 5.97 Å². The van der Waals surface area contributed by atoms with Crippen LogP contribution in [0.15, 0.2) is 98.1 Å². The third-order valence-electron chi connectivity index (χ3n) is 4.08. The SMILES string of the molecule is C=CCOc1ccc(C(=O)Oc2ccc(-c3ccc(OCC=C)cc3)cc2)cc1. The molecule has 0 atom stereocenters. The summed E-state index contributed by atoms with van der Waals surface area (Å²) >= 11 is 0. The Balaban J connectivity index is 1.61. The second-order valence-corrected chi connectivity index (χ2v) is 6.16. The molecular weight excluding hydrogens is 364 g/mol. The van der Waals surface area contributed by atoms with Crippen LogP contribution in [0, 0.1) is 0 Å². The van der Waals surface area contributed by atoms with Gasteiger partial charge in [0.1, 0.15) is 30.5 Å². The first-order valence-corrected chi connectivity index (χ1v) is 9.20. The maximum absolute atomic E-state index is 12.3. The molecule has 0 bridgehead atoms. The normalized spacial score (nSPS) is 10.1. The number of ether oxygens (including phenoxy) is 3. The molecule has 0 aliphatic carbocycles. The quantitative estimate of drug-likeness (QED) is 0.269. The van der Waals surface area contributed by atoms with E-state index < -0.39 is 5.97 Å². The number of benzene rings is 3. The zero-order valence-electron chi connectivity index (χ0n) is 16.0. The Morgan fingerprint density at radius 2 is 1.07 bits per heavy atom. The summed E-state index contributed by atoms with van der Waals surface area (Å²) in [6, 6.07) is 22.0. The van der Waals surface area contributed by atoms with Crippen LogP contribution in [0.1, 0.15) is 10.4 Å². The van der Waals surface area contributed by atoms with Gasteiger partial charge in [-0.2, -0.15) is 0 Å². The van der Waals surface area contributed by atoms with Crippen LogP contribution in [0.3, 0.4) is 0 Å². The van der Waals surface area contributed by atoms with Crippen LogP contribution in [-0.2, 0) is 0 Å². The summed E-state index contributed by atoms with van der Waals surface area (Å²) in [7, 11) is 0. The van der Waals surface area contributed by atoms with Gasteiger partial charge in [0.25, 0.3) is 0 Å². The summed E-state index contributed by atoms with van der Waals surface area (Å²) < 4.78 is 16.3. The number of rotatable bonds is 9. The molecule has 3 rings (SSSR count). The molecule has 0 aromatic heterocycles. The molecule has 3 aromatic rings. The molecule has 0 N–H and O–H groups in total. The van der Waals surface area contributed by atoms with Gasteiger partial charge in [0.05, 0.1) is 5.56 Å². The van der Waals surface area contributed by atoms with Crippen molar-refractivity contribution in [2.24, 2.45) is 0 Å². The first-order valence-electron chi connectivity index (χ1n) is 9.20. The Labute approximate surface area is 170 Å². The van der Waals surface area contributed by atoms with Gasteiger partial charge in [-0.25, -0.2) is 4.79 Å². The summed E-state index contributed by atoms with van der Waals surface area (Å²) in [6.07, 6.45) is 3.37. The lowest BCUT2D eigenvalue weighted by molar-refractivity contribution is 0.0734. The van der Waals surface area contributed by atoms with E-state index in [1.807, 2.05) is 36.4 Å². The van der Waals surface area contributed by atoms with Crippen LogP contribution in [0.2, 0.25) is 0 Å². The number of carbonyl (C=O) groups is 1. The molecule has 0 aliphatic rings. The van der Waals surface area contributed by atoms with Gasteiger partial charge in [-0.15, -0.1) is 0 Å². The fraction of sp³-hybridized carbons (Fsp3) is 0.0800. The largest absolute Gasteiger partial charge is 0.490 e. The summed E-state index contributed by atoms with van der Waals surface area (Å²) in [4.78, 5) is 12.3. The Kier molecular flexibility index (Phi) is 6.85. The molecule has 0 aliphatic heterocycles. The zero-order valence-corrected chi connectivity index (χ0v) is 16.0. The van der Waals surface area contributed by atoms with Gasteiger partial charge in [0, 0.05) is 0 Å². The van der Waals surface area contributed by atoms with Crippen LogP contribution in [0.4, 0.5) is 0 Å². The van der Waals surface area contributed by atoms with Gasteiger partial charge in [-0.1, -0.05) is 49.6 Å². The van der Waals surface area contributed by atoms with Crippen molar-refractivity contribution in [2.75, 3.05) is 13.2 Å². The molecule has 4 nitrogen and oxygen atoms in total. The van der Waals surface area contributed by atoms with E-state index in [1.54, 1.807) is 48.6 Å². The summed E-state index contributed by atoms with van der Waals surface area (Å²) in [5, 5.41) is 0. The average Bonchev–Trinajstić information content (AvgIpc) is 2.77. The van der Waals surface area contributed by atoms with Gasteiger partial charge >= 0.3 is 5.97 Å². The highest BCUT2D eigenvalue weighted by Gasteiger charge is 2.09. The molecule has 0 radical (unpaired) electrons. The van der Waals surface area contributed by atoms with Crippen LogP contribution in [-0.4, -0.2) is 19.2 Å². The molecule has 146 valence electrons. The van der Waals surface area contributed by atoms with E-state index >= 15 is 0 Å². The van der Waals surface area contributed by atoms with Gasteiger partial charge in [-0.3, -0.25) is 0 Å². The van der Waals surface area contributed by atoms with Crippen molar-refractivity contribution < 1.29 is 19.0 Å². The summed E-state index contributed by atoms with van der Waals surface area (Å²) in [6.45, 7) is 8.13. The monoisotopic (exact) mass is 386 g/mol. The van der Waals surface area contributed by atoms with Crippen LogP contribution in [0.5, 0.6) is 17.2 Å². The van der Waals surface area contributed by atoms with E-state index in [0.717, 1.165) is 16.9 Å². The molecule has 29 heavy (non-hydrogen) atoms. The van der Waals surface area contributed by atoms with Crippen molar-refractivity contribution in [1.29, 1.82) is 0 Å². The number of esters is 1. The second-order valence-electron chi connectivity index (χ2n) is 6.16. The number of carbonyl (C=O) groups excluding carboxylic acids is 1. The standard InChI is InChI=1S/C25H22O4/c1-3-17-27-22-11-5-19(6-12-22)20-7-15-24(16-8-20)29-25(26)21-9-13-23(14-10-21)28-18-4-2/h3-16H,1-2,17-18H2. The first-order chi connectivity index (χ1) is 14.2. The second kappa shape index (κ2) is 9.95. The van der Waals surface area contributed by atoms with Gasteiger partial charge in [0.2, 0.25) is 0 Å². The fourth-order valence-electron chi connectivity index (χ4n) is 2.62. The van der Waals surface area contributed by atoms with Gasteiger partial charge < -0.3 is 14.2 Å². The van der Waals surface area contributed by atoms with Gasteiger partial charge in [-0.05, 0) is 59.7 Å². The van der Waals surface area contributed by atoms with E-state index in [2.05, 4.69) is 13.2 Å². The van der Waals surface area contributed by atoms with E-state index in [0.29, 0.717) is 30.3 Å². The Bertz CT molecular complexity index is 955. The van der Waals surface area contributed by atoms with E-state index in [1.165, 1.54) is 0 Å². The minimum absolute atomic E-state index is 0.417. The smallest absolute Gasteiger partial charge is 0.343 e. The topological polar surface area (TPSA) is 44.8 Å². The van der Waals surface area contributed by atoms with Crippen LogP contribution < -0.4 is 14.2 Å². The maximum atomic E-state index is 12.3. The predicted octanol–water partition coefficient (Wildman–Crippen LogP) is 5.70. The van der Waals surface area contributed by atoms with Crippen LogP contribution >= 0.6 is 0 Å². The number of hydrogen-bond acceptors (Lipinski definition) is 4. The molecule has 0 fully saturated rings. The molecule has 4 heteroatoms. The Hall–Kier alpha value is -3.79. The van der Waals surface area contributed by atoms with E-state index in [-0.39, 0.29) is 0 Å². The maximum Gasteiger partial charge on any atom is 0.343 e. The van der Waals surface area contributed by atoms with Crippen molar-refractivity contribution in [3.8, 4) is 28.4 Å². The van der Waals surface area contributed by atoms with Crippen molar-refractivity contribution in [3.05, 3.63) is 104 Å². The lowest BCUT2D eigenvalue weighted by Gasteiger charge is -2.08. The fourth-order valence-corrected chi connectivity index (χ4v) is 2.62. The molecule has 0 unspecified atom stereocenters. The molecule has 0 spiro atoms. The molecule has 0 saturated heterocycles. The third-order valence-corrected chi connectivity index (χ3v) is 4.08. The molecular formula is C25H22O4. The molecule has 0 saturated carbocycles. The van der Waals surface area contributed by atoms with Crippen LogP contribution in [0.25, 0.3) is 11.1 Å². The van der Waals surface area contributed by atoms with E-state index in [4.69, 9.17) is 14.2 Å². The average molecular weight is 386 g/mol. The zero-order chi connectivity index (χ0) is 20.5. The van der Waals surface area contributed by atoms with Crippen molar-refractivity contribution in [3.63, 3.8) is 0 Å². The number of hydrogen-bond donors (Lipinski definition) is 0. The highest BCUT2D eigenvalue weighted by atomic mass is 16.5. The lowest BCUT2D eigenvalue weighted by atomic mass is 10.1. The molecule has 0 amide bonds. The van der Waals surface area contributed by atoms with Crippen molar-refractivity contribution in [2.45, 2.75) is 0 Å².